The van der Waals surface area contributed by atoms with Gasteiger partial charge in [0, 0.05) is 16.3 Å². The first-order valence-corrected chi connectivity index (χ1v) is 7.28. The predicted octanol–water partition coefficient (Wildman–Crippen LogP) is 4.23. The smallest absolute Gasteiger partial charge is 0.180 e. The minimum Gasteiger partial charge on any atom is -0.375 e. The van der Waals surface area contributed by atoms with Crippen LogP contribution in [0, 0.1) is 6.92 Å². The molecule has 2 aromatic rings. The van der Waals surface area contributed by atoms with Crippen LogP contribution >= 0.6 is 22.9 Å². The van der Waals surface area contributed by atoms with Gasteiger partial charge in [-0.2, -0.15) is 0 Å². The van der Waals surface area contributed by atoms with E-state index in [1.54, 1.807) is 11.3 Å². The Kier molecular flexibility index (Phi) is 4.25. The predicted molar refractivity (Wildman–Crippen MR) is 79.5 cm³/mol. The molecule has 0 spiro atoms. The van der Waals surface area contributed by atoms with Crippen molar-refractivity contribution in [2.24, 2.45) is 0 Å². The van der Waals surface area contributed by atoms with Crippen LogP contribution in [0.15, 0.2) is 18.2 Å². The molecule has 1 aromatic carbocycles. The average molecular weight is 281 g/mol. The summed E-state index contributed by atoms with van der Waals surface area (Å²) in [7, 11) is 0. The molecule has 0 aliphatic carbocycles. The minimum absolute atomic E-state index is 0.659. The van der Waals surface area contributed by atoms with Crippen LogP contribution < -0.4 is 5.73 Å². The van der Waals surface area contributed by atoms with E-state index in [1.807, 2.05) is 13.0 Å². The maximum atomic E-state index is 6.15. The third-order valence-electron chi connectivity index (χ3n) is 2.88. The fraction of sp³-hybridized carbons (Fsp3) is 0.357. The van der Waals surface area contributed by atoms with Crippen LogP contribution in [0.2, 0.25) is 5.02 Å². The lowest BCUT2D eigenvalue weighted by Crippen LogP contribution is -1.93. The summed E-state index contributed by atoms with van der Waals surface area (Å²) >= 11 is 7.73. The molecule has 0 atom stereocenters. The number of rotatable bonds is 4. The van der Waals surface area contributed by atoms with Crippen LogP contribution in [0.3, 0.4) is 0 Å². The molecule has 0 aliphatic heterocycles. The molecule has 96 valence electrons. The molecule has 0 bridgehead atoms. The van der Waals surface area contributed by atoms with Gasteiger partial charge in [0.1, 0.15) is 0 Å². The number of aryl methyl sites for hydroxylation is 2. The van der Waals surface area contributed by atoms with Crippen molar-refractivity contribution in [2.75, 3.05) is 5.73 Å². The van der Waals surface area contributed by atoms with Crippen LogP contribution in [-0.2, 0) is 12.8 Å². The number of anilines is 1. The molecular weight excluding hydrogens is 264 g/mol. The van der Waals surface area contributed by atoms with E-state index in [0.717, 1.165) is 35.5 Å². The summed E-state index contributed by atoms with van der Waals surface area (Å²) in [6.45, 7) is 4.17. The summed E-state index contributed by atoms with van der Waals surface area (Å²) in [5.74, 6) is 0. The molecule has 18 heavy (non-hydrogen) atoms. The molecule has 2 N–H and O–H groups in total. The number of nitrogens with zero attached hydrogens (tertiary/aromatic N) is 1. The Morgan fingerprint density at radius 1 is 1.39 bits per heavy atom. The first-order chi connectivity index (χ1) is 8.60. The van der Waals surface area contributed by atoms with Crippen LogP contribution in [0.25, 0.3) is 0 Å². The Labute approximate surface area is 117 Å². The first kappa shape index (κ1) is 13.4. The average Bonchev–Trinajstić information content (AvgIpc) is 2.65. The summed E-state index contributed by atoms with van der Waals surface area (Å²) in [5, 5.41) is 1.48. The first-order valence-electron chi connectivity index (χ1n) is 6.09. The zero-order valence-corrected chi connectivity index (χ0v) is 12.2. The monoisotopic (exact) mass is 280 g/mol. The molecule has 4 heteroatoms. The van der Waals surface area contributed by atoms with Crippen molar-refractivity contribution in [3.8, 4) is 0 Å². The molecule has 0 radical (unpaired) electrons. The van der Waals surface area contributed by atoms with Crippen molar-refractivity contribution < 1.29 is 0 Å². The van der Waals surface area contributed by atoms with Gasteiger partial charge in [0.2, 0.25) is 0 Å². The second kappa shape index (κ2) is 5.72. The summed E-state index contributed by atoms with van der Waals surface area (Å²) in [5.41, 5.74) is 9.26. The number of hydrogen-bond donors (Lipinski definition) is 1. The highest BCUT2D eigenvalue weighted by atomic mass is 35.5. The standard InChI is InChI=1S/C14H17ClN2S/c1-3-4-12-13(18-14(16)17-12)8-10-6-5-9(2)11(15)7-10/h5-7H,3-4,8H2,1-2H3,(H2,16,17). The number of benzene rings is 1. The van der Waals surface area contributed by atoms with Gasteiger partial charge >= 0.3 is 0 Å². The van der Waals surface area contributed by atoms with E-state index < -0.39 is 0 Å². The van der Waals surface area contributed by atoms with Crippen molar-refractivity contribution >= 4 is 28.1 Å². The van der Waals surface area contributed by atoms with Gasteiger partial charge in [-0.3, -0.25) is 0 Å². The topological polar surface area (TPSA) is 38.9 Å². The Hall–Kier alpha value is -1.06. The van der Waals surface area contributed by atoms with Gasteiger partial charge in [-0.15, -0.1) is 11.3 Å². The lowest BCUT2D eigenvalue weighted by molar-refractivity contribution is 0.879. The van der Waals surface area contributed by atoms with E-state index in [9.17, 15) is 0 Å². The third-order valence-corrected chi connectivity index (χ3v) is 4.22. The number of halogens is 1. The molecule has 0 amide bonds. The van der Waals surface area contributed by atoms with Gasteiger partial charge in [0.05, 0.1) is 5.69 Å². The van der Waals surface area contributed by atoms with Crippen LogP contribution in [0.1, 0.15) is 35.0 Å². The quantitative estimate of drug-likeness (QED) is 0.910. The molecule has 0 unspecified atom stereocenters. The Morgan fingerprint density at radius 2 is 2.17 bits per heavy atom. The van der Waals surface area contributed by atoms with E-state index in [-0.39, 0.29) is 0 Å². The Balaban J connectivity index is 2.24. The molecule has 0 saturated heterocycles. The molecule has 1 heterocycles. The highest BCUT2D eigenvalue weighted by Gasteiger charge is 2.10. The van der Waals surface area contributed by atoms with Gasteiger partial charge in [-0.1, -0.05) is 37.1 Å². The van der Waals surface area contributed by atoms with Gasteiger partial charge in [-0.25, -0.2) is 4.98 Å². The van der Waals surface area contributed by atoms with Crippen molar-refractivity contribution in [1.82, 2.24) is 4.98 Å². The summed E-state index contributed by atoms with van der Waals surface area (Å²) in [6, 6.07) is 6.21. The maximum Gasteiger partial charge on any atom is 0.180 e. The summed E-state index contributed by atoms with van der Waals surface area (Å²) in [6.07, 6.45) is 2.94. The second-order valence-electron chi connectivity index (χ2n) is 4.43. The number of nitrogen functional groups attached to an aromatic ring is 1. The lowest BCUT2D eigenvalue weighted by atomic mass is 10.1. The van der Waals surface area contributed by atoms with Gasteiger partial charge in [0.25, 0.3) is 0 Å². The number of hydrogen-bond acceptors (Lipinski definition) is 3. The molecule has 0 saturated carbocycles. The number of aromatic nitrogens is 1. The van der Waals surface area contributed by atoms with Crippen LogP contribution in [0.4, 0.5) is 5.13 Å². The Bertz CT molecular complexity index is 549. The highest BCUT2D eigenvalue weighted by molar-refractivity contribution is 7.15. The minimum atomic E-state index is 0.659. The second-order valence-corrected chi connectivity index (χ2v) is 5.95. The molecular formula is C14H17ClN2S. The fourth-order valence-electron chi connectivity index (χ4n) is 1.91. The van der Waals surface area contributed by atoms with Gasteiger partial charge < -0.3 is 5.73 Å². The Morgan fingerprint density at radius 3 is 2.83 bits per heavy atom. The highest BCUT2D eigenvalue weighted by Crippen LogP contribution is 2.26. The maximum absolute atomic E-state index is 6.15. The van der Waals surface area contributed by atoms with E-state index >= 15 is 0 Å². The van der Waals surface area contributed by atoms with Crippen molar-refractivity contribution in [3.63, 3.8) is 0 Å². The van der Waals surface area contributed by atoms with E-state index in [4.69, 9.17) is 17.3 Å². The molecule has 2 rings (SSSR count). The SMILES string of the molecule is CCCc1nc(N)sc1Cc1ccc(C)c(Cl)c1. The number of nitrogens with two attached hydrogens (primary N) is 1. The zero-order chi connectivity index (χ0) is 13.1. The van der Waals surface area contributed by atoms with Crippen molar-refractivity contribution in [1.29, 1.82) is 0 Å². The van der Waals surface area contributed by atoms with Crippen LogP contribution in [-0.4, -0.2) is 4.98 Å². The van der Waals surface area contributed by atoms with Gasteiger partial charge in [0.15, 0.2) is 5.13 Å². The van der Waals surface area contributed by atoms with E-state index in [0.29, 0.717) is 5.13 Å². The lowest BCUT2D eigenvalue weighted by Gasteiger charge is -2.04. The van der Waals surface area contributed by atoms with E-state index in [2.05, 4.69) is 24.0 Å². The van der Waals surface area contributed by atoms with Crippen LogP contribution in [0.5, 0.6) is 0 Å². The third kappa shape index (κ3) is 3.03. The molecule has 1 aromatic heterocycles. The summed E-state index contributed by atoms with van der Waals surface area (Å²) < 4.78 is 0. The van der Waals surface area contributed by atoms with Crippen molar-refractivity contribution in [3.05, 3.63) is 44.9 Å². The van der Waals surface area contributed by atoms with Gasteiger partial charge in [-0.05, 0) is 30.5 Å². The molecule has 2 nitrogen and oxygen atoms in total. The normalized spacial score (nSPS) is 10.8. The largest absolute Gasteiger partial charge is 0.375 e. The van der Waals surface area contributed by atoms with E-state index in [1.165, 1.54) is 10.4 Å². The van der Waals surface area contributed by atoms with Crippen molar-refractivity contribution in [2.45, 2.75) is 33.1 Å². The number of thiazole rings is 1. The molecule has 0 fully saturated rings. The fourth-order valence-corrected chi connectivity index (χ4v) is 3.02. The molecule has 0 aliphatic rings. The summed E-state index contributed by atoms with van der Waals surface area (Å²) in [4.78, 5) is 5.66. The zero-order valence-electron chi connectivity index (χ0n) is 10.7.